The van der Waals surface area contributed by atoms with E-state index in [-0.39, 0.29) is 6.61 Å². The summed E-state index contributed by atoms with van der Waals surface area (Å²) in [4.78, 5) is 9.47. The number of nitrogens with zero attached hydrogens (tertiary/aromatic N) is 2. The summed E-state index contributed by atoms with van der Waals surface area (Å²) in [6.45, 7) is 6.54. The van der Waals surface area contributed by atoms with Crippen LogP contribution in [0.2, 0.25) is 0 Å². The molecular weight excluding hydrogens is 252 g/mol. The van der Waals surface area contributed by atoms with E-state index >= 15 is 0 Å². The van der Waals surface area contributed by atoms with E-state index < -0.39 is 0 Å². The van der Waals surface area contributed by atoms with Crippen LogP contribution in [-0.2, 0) is 6.54 Å². The molecule has 0 bridgehead atoms. The lowest BCUT2D eigenvalue weighted by molar-refractivity contribution is 0.302. The second kappa shape index (κ2) is 6.96. The van der Waals surface area contributed by atoms with Crippen LogP contribution in [0.1, 0.15) is 18.3 Å². The molecule has 0 aliphatic heterocycles. The topological polar surface area (TPSA) is 64.2 Å². The van der Waals surface area contributed by atoms with Crippen molar-refractivity contribution in [1.82, 2.24) is 9.97 Å². The van der Waals surface area contributed by atoms with Crippen LogP contribution in [0.3, 0.4) is 0 Å². The zero-order chi connectivity index (χ0) is 14.4. The highest BCUT2D eigenvalue weighted by Gasteiger charge is 2.04. The monoisotopic (exact) mass is 274 g/mol. The maximum Gasteiger partial charge on any atom is 0.0925 e. The highest BCUT2D eigenvalue weighted by molar-refractivity contribution is 5.55. The van der Waals surface area contributed by atoms with Crippen LogP contribution >= 0.6 is 0 Å². The smallest absolute Gasteiger partial charge is 0.0925 e. The number of rotatable bonds is 7. The molecule has 1 aromatic heterocycles. The van der Waals surface area contributed by atoms with Crippen molar-refractivity contribution in [2.24, 2.45) is 0 Å². The maximum absolute atomic E-state index is 9.04. The molecule has 0 saturated carbocycles. The fourth-order valence-electron chi connectivity index (χ4n) is 2.13. The fraction of sp³-hybridized carbons (Fsp3) is 0.400. The first-order valence-corrected chi connectivity index (χ1v) is 6.93. The number of aryl methyl sites for hydroxylation is 1. The highest BCUT2D eigenvalue weighted by atomic mass is 16.3. The number of anilines is 2. The molecule has 0 spiro atoms. The van der Waals surface area contributed by atoms with Gasteiger partial charge in [-0.05, 0) is 38.1 Å². The number of aromatic nitrogens is 2. The molecule has 0 atom stereocenters. The van der Waals surface area contributed by atoms with Crippen molar-refractivity contribution in [3.63, 3.8) is 0 Å². The third-order valence-electron chi connectivity index (χ3n) is 3.38. The molecule has 0 saturated heterocycles. The summed E-state index contributed by atoms with van der Waals surface area (Å²) in [5.41, 5.74) is 4.32. The van der Waals surface area contributed by atoms with Gasteiger partial charge in [-0.3, -0.25) is 0 Å². The molecule has 2 aromatic rings. The number of imidazole rings is 1. The van der Waals surface area contributed by atoms with E-state index in [4.69, 9.17) is 5.11 Å². The summed E-state index contributed by atoms with van der Waals surface area (Å²) in [5, 5.41) is 12.4. The van der Waals surface area contributed by atoms with E-state index in [2.05, 4.69) is 51.4 Å². The van der Waals surface area contributed by atoms with E-state index in [9.17, 15) is 0 Å². The normalized spacial score (nSPS) is 10.6. The first-order valence-electron chi connectivity index (χ1n) is 6.93. The van der Waals surface area contributed by atoms with Crippen LogP contribution in [0.25, 0.3) is 0 Å². The minimum atomic E-state index is 0.173. The molecule has 0 radical (unpaired) electrons. The van der Waals surface area contributed by atoms with E-state index in [0.717, 1.165) is 29.3 Å². The lowest BCUT2D eigenvalue weighted by Crippen LogP contribution is -2.25. The standard InChI is InChI=1S/C15H22N4O/c1-3-19(8-9-20)14-6-4-13(5-7-14)16-10-15-12(2)17-11-18-15/h4-7,11,16,20H,3,8-10H2,1-2H3,(H,17,18). The number of benzene rings is 1. The van der Waals surface area contributed by atoms with Crippen LogP contribution in [0.15, 0.2) is 30.6 Å². The minimum Gasteiger partial charge on any atom is -0.395 e. The number of hydrogen-bond donors (Lipinski definition) is 3. The third-order valence-corrected chi connectivity index (χ3v) is 3.38. The van der Waals surface area contributed by atoms with Crippen molar-refractivity contribution < 1.29 is 5.11 Å². The van der Waals surface area contributed by atoms with Gasteiger partial charge in [0.05, 0.1) is 25.2 Å². The van der Waals surface area contributed by atoms with Crippen molar-refractivity contribution in [3.05, 3.63) is 42.0 Å². The zero-order valence-corrected chi connectivity index (χ0v) is 12.1. The molecule has 0 amide bonds. The van der Waals surface area contributed by atoms with Crippen molar-refractivity contribution in [2.75, 3.05) is 29.9 Å². The Labute approximate surface area is 119 Å². The SMILES string of the molecule is CCN(CCO)c1ccc(NCc2nc[nH]c2C)cc1. The predicted octanol–water partition coefficient (Wildman–Crippen LogP) is 2.15. The first kappa shape index (κ1) is 14.4. The maximum atomic E-state index is 9.04. The van der Waals surface area contributed by atoms with Crippen molar-refractivity contribution in [2.45, 2.75) is 20.4 Å². The van der Waals surface area contributed by atoms with Crippen molar-refractivity contribution >= 4 is 11.4 Å². The molecule has 1 aromatic carbocycles. The summed E-state index contributed by atoms with van der Waals surface area (Å²) in [7, 11) is 0. The van der Waals surface area contributed by atoms with Gasteiger partial charge in [0.2, 0.25) is 0 Å². The molecule has 5 heteroatoms. The Hall–Kier alpha value is -2.01. The van der Waals surface area contributed by atoms with Gasteiger partial charge in [-0.2, -0.15) is 0 Å². The molecule has 0 aliphatic carbocycles. The van der Waals surface area contributed by atoms with Gasteiger partial charge in [0.1, 0.15) is 0 Å². The second-order valence-corrected chi connectivity index (χ2v) is 4.68. The average molecular weight is 274 g/mol. The number of nitrogens with one attached hydrogen (secondary N) is 2. The van der Waals surface area contributed by atoms with Crippen molar-refractivity contribution in [3.8, 4) is 0 Å². The summed E-state index contributed by atoms with van der Waals surface area (Å²) < 4.78 is 0. The van der Waals surface area contributed by atoms with E-state index in [1.165, 1.54) is 0 Å². The quantitative estimate of drug-likeness (QED) is 0.724. The number of aliphatic hydroxyl groups excluding tert-OH is 1. The molecule has 108 valence electrons. The molecule has 5 nitrogen and oxygen atoms in total. The zero-order valence-electron chi connectivity index (χ0n) is 12.1. The largest absolute Gasteiger partial charge is 0.395 e. The summed E-state index contributed by atoms with van der Waals surface area (Å²) in [6, 6.07) is 8.24. The van der Waals surface area contributed by atoms with Gasteiger partial charge in [-0.25, -0.2) is 4.98 Å². The van der Waals surface area contributed by atoms with E-state index in [1.54, 1.807) is 6.33 Å². The number of H-pyrrole nitrogens is 1. The van der Waals surface area contributed by atoms with E-state index in [1.807, 2.05) is 6.92 Å². The average Bonchev–Trinajstić information content (AvgIpc) is 2.89. The molecule has 2 rings (SSSR count). The lowest BCUT2D eigenvalue weighted by atomic mass is 10.2. The summed E-state index contributed by atoms with van der Waals surface area (Å²) >= 11 is 0. The van der Waals surface area contributed by atoms with E-state index in [0.29, 0.717) is 13.1 Å². The fourth-order valence-corrected chi connectivity index (χ4v) is 2.13. The number of likely N-dealkylation sites (N-methyl/N-ethyl adjacent to an activating group) is 1. The van der Waals surface area contributed by atoms with Crippen LogP contribution in [0.4, 0.5) is 11.4 Å². The Morgan fingerprint density at radius 1 is 1.30 bits per heavy atom. The van der Waals surface area contributed by atoms with Gasteiger partial charge in [0.25, 0.3) is 0 Å². The first-order chi connectivity index (χ1) is 9.74. The summed E-state index contributed by atoms with van der Waals surface area (Å²) in [5.74, 6) is 0. The van der Waals surface area contributed by atoms with Crippen LogP contribution in [0, 0.1) is 6.92 Å². The van der Waals surface area contributed by atoms with Gasteiger partial charge in [-0.1, -0.05) is 0 Å². The lowest BCUT2D eigenvalue weighted by Gasteiger charge is -2.22. The molecule has 0 aliphatic rings. The molecule has 3 N–H and O–H groups in total. The molecule has 20 heavy (non-hydrogen) atoms. The number of aliphatic hydroxyl groups is 1. The number of hydrogen-bond acceptors (Lipinski definition) is 4. The van der Waals surface area contributed by atoms with Gasteiger partial charge in [0, 0.05) is 30.2 Å². The third kappa shape index (κ3) is 3.51. The summed E-state index contributed by atoms with van der Waals surface area (Å²) in [6.07, 6.45) is 1.71. The molecule has 1 heterocycles. The Kier molecular flexibility index (Phi) is 5.01. The van der Waals surface area contributed by atoms with Gasteiger partial charge >= 0.3 is 0 Å². The predicted molar refractivity (Wildman–Crippen MR) is 82.1 cm³/mol. The van der Waals surface area contributed by atoms with Gasteiger partial charge in [-0.15, -0.1) is 0 Å². The van der Waals surface area contributed by atoms with Crippen LogP contribution < -0.4 is 10.2 Å². The van der Waals surface area contributed by atoms with Gasteiger partial charge < -0.3 is 20.3 Å². The Bertz CT molecular complexity index is 521. The minimum absolute atomic E-state index is 0.173. The highest BCUT2D eigenvalue weighted by Crippen LogP contribution is 2.18. The number of aromatic amines is 1. The second-order valence-electron chi connectivity index (χ2n) is 4.68. The molecule has 0 fully saturated rings. The Morgan fingerprint density at radius 2 is 2.05 bits per heavy atom. The molecular formula is C15H22N4O. The Morgan fingerprint density at radius 3 is 2.60 bits per heavy atom. The van der Waals surface area contributed by atoms with Crippen LogP contribution in [0.5, 0.6) is 0 Å². The van der Waals surface area contributed by atoms with Crippen LogP contribution in [-0.4, -0.2) is 34.8 Å². The Balaban J connectivity index is 1.96. The molecule has 0 unspecified atom stereocenters. The van der Waals surface area contributed by atoms with Gasteiger partial charge in [0.15, 0.2) is 0 Å². The van der Waals surface area contributed by atoms with Crippen molar-refractivity contribution in [1.29, 1.82) is 0 Å².